The van der Waals surface area contributed by atoms with Gasteiger partial charge in [-0.15, -0.1) is 0 Å². The molecule has 0 radical (unpaired) electrons. The zero-order valence-corrected chi connectivity index (χ0v) is 8.13. The first-order valence-corrected chi connectivity index (χ1v) is 4.37. The van der Waals surface area contributed by atoms with Crippen LogP contribution >= 0.6 is 15.9 Å². The van der Waals surface area contributed by atoms with Crippen molar-refractivity contribution in [2.24, 2.45) is 0 Å². The van der Waals surface area contributed by atoms with Crippen LogP contribution in [0.25, 0.3) is 0 Å². The number of hydrogen-bond donors (Lipinski definition) is 0. The van der Waals surface area contributed by atoms with Crippen molar-refractivity contribution >= 4 is 21.8 Å². The van der Waals surface area contributed by atoms with Gasteiger partial charge in [-0.2, -0.15) is 0 Å². The summed E-state index contributed by atoms with van der Waals surface area (Å²) in [7, 11) is 1.79. The van der Waals surface area contributed by atoms with Crippen molar-refractivity contribution in [3.05, 3.63) is 28.0 Å². The van der Waals surface area contributed by atoms with E-state index in [1.54, 1.807) is 24.3 Å². The van der Waals surface area contributed by atoms with Crippen LogP contribution in [0.15, 0.2) is 16.9 Å². The highest BCUT2D eigenvalue weighted by molar-refractivity contribution is 9.10. The van der Waals surface area contributed by atoms with Crippen molar-refractivity contribution in [1.29, 1.82) is 0 Å². The molecule has 0 bridgehead atoms. The third kappa shape index (κ3) is 0.948. The van der Waals surface area contributed by atoms with Gasteiger partial charge in [-0.05, 0) is 15.9 Å². The maximum absolute atomic E-state index is 11.4. The van der Waals surface area contributed by atoms with Gasteiger partial charge in [-0.1, -0.05) is 0 Å². The monoisotopic (exact) mass is 226 g/mol. The highest BCUT2D eigenvalue weighted by atomic mass is 79.9. The first-order valence-electron chi connectivity index (χ1n) is 3.58. The number of pyridine rings is 1. The van der Waals surface area contributed by atoms with Gasteiger partial charge in [-0.3, -0.25) is 9.78 Å². The summed E-state index contributed by atoms with van der Waals surface area (Å²) in [6.07, 6.45) is 3.33. The molecule has 0 atom stereocenters. The highest BCUT2D eigenvalue weighted by Gasteiger charge is 2.25. The molecule has 3 nitrogen and oxygen atoms in total. The van der Waals surface area contributed by atoms with Gasteiger partial charge in [0.15, 0.2) is 0 Å². The molecular weight excluding hydrogens is 220 g/mol. The molecule has 12 heavy (non-hydrogen) atoms. The summed E-state index contributed by atoms with van der Waals surface area (Å²) in [5.74, 6) is 0.0544. The topological polar surface area (TPSA) is 33.2 Å². The van der Waals surface area contributed by atoms with Crippen molar-refractivity contribution in [2.75, 3.05) is 7.05 Å². The molecule has 0 fully saturated rings. The molecule has 0 aromatic carbocycles. The second-order valence-corrected chi connectivity index (χ2v) is 3.66. The van der Waals surface area contributed by atoms with E-state index >= 15 is 0 Å². The zero-order valence-electron chi connectivity index (χ0n) is 6.54. The quantitative estimate of drug-likeness (QED) is 0.671. The Balaban J connectivity index is 2.61. The first-order chi connectivity index (χ1) is 5.70. The predicted molar refractivity (Wildman–Crippen MR) is 47.7 cm³/mol. The van der Waals surface area contributed by atoms with E-state index in [0.29, 0.717) is 12.1 Å². The van der Waals surface area contributed by atoms with E-state index in [1.807, 2.05) is 0 Å². The maximum Gasteiger partial charge on any atom is 0.255 e. The lowest BCUT2D eigenvalue weighted by molar-refractivity contribution is 0.0816. The average molecular weight is 227 g/mol. The minimum absolute atomic E-state index is 0.0544. The largest absolute Gasteiger partial charge is 0.337 e. The lowest BCUT2D eigenvalue weighted by Crippen LogP contribution is -2.17. The Morgan fingerprint density at radius 1 is 1.58 bits per heavy atom. The van der Waals surface area contributed by atoms with Crippen LogP contribution in [-0.2, 0) is 6.54 Å². The second kappa shape index (κ2) is 2.55. The molecule has 1 aromatic heterocycles. The summed E-state index contributed by atoms with van der Waals surface area (Å²) in [6, 6.07) is 0. The van der Waals surface area contributed by atoms with Crippen molar-refractivity contribution in [1.82, 2.24) is 9.88 Å². The fourth-order valence-electron chi connectivity index (χ4n) is 1.32. The number of carbonyl (C=O) groups excluding carboxylic acids is 1. The SMILES string of the molecule is CN1Cc2c(Br)cncc2C1=O. The van der Waals surface area contributed by atoms with Crippen LogP contribution in [0, 0.1) is 0 Å². The highest BCUT2D eigenvalue weighted by Crippen LogP contribution is 2.26. The Morgan fingerprint density at radius 3 is 3.00 bits per heavy atom. The standard InChI is InChI=1S/C8H7BrN2O/c1-11-4-6-5(8(11)12)2-10-3-7(6)9/h2-3H,4H2,1H3. The number of amides is 1. The van der Waals surface area contributed by atoms with Crippen LogP contribution in [0.3, 0.4) is 0 Å². The van der Waals surface area contributed by atoms with E-state index in [-0.39, 0.29) is 5.91 Å². The van der Waals surface area contributed by atoms with Crippen LogP contribution in [-0.4, -0.2) is 22.8 Å². The number of aromatic nitrogens is 1. The summed E-state index contributed by atoms with van der Waals surface area (Å²) >= 11 is 3.36. The summed E-state index contributed by atoms with van der Waals surface area (Å²) in [4.78, 5) is 17.0. The Morgan fingerprint density at radius 2 is 2.33 bits per heavy atom. The Bertz CT molecular complexity index is 351. The molecule has 0 unspecified atom stereocenters. The average Bonchev–Trinajstić information content (AvgIpc) is 2.32. The minimum Gasteiger partial charge on any atom is -0.337 e. The van der Waals surface area contributed by atoms with Crippen LogP contribution in [0.4, 0.5) is 0 Å². The Hall–Kier alpha value is -0.900. The van der Waals surface area contributed by atoms with Gasteiger partial charge in [-0.25, -0.2) is 0 Å². The lowest BCUT2D eigenvalue weighted by Gasteiger charge is -2.04. The molecule has 1 aromatic rings. The first kappa shape index (κ1) is 7.73. The van der Waals surface area contributed by atoms with Crippen molar-refractivity contribution in [3.63, 3.8) is 0 Å². The molecule has 62 valence electrons. The molecule has 0 spiro atoms. The van der Waals surface area contributed by atoms with E-state index in [4.69, 9.17) is 0 Å². The summed E-state index contributed by atoms with van der Waals surface area (Å²) in [5.41, 5.74) is 1.75. The van der Waals surface area contributed by atoms with Crippen LogP contribution in [0.5, 0.6) is 0 Å². The molecule has 1 amide bonds. The van der Waals surface area contributed by atoms with Crippen molar-refractivity contribution in [2.45, 2.75) is 6.54 Å². The third-order valence-electron chi connectivity index (χ3n) is 1.98. The molecule has 1 aliphatic rings. The number of nitrogens with zero attached hydrogens (tertiary/aromatic N) is 2. The lowest BCUT2D eigenvalue weighted by atomic mass is 10.2. The van der Waals surface area contributed by atoms with Gasteiger partial charge >= 0.3 is 0 Å². The molecule has 4 heteroatoms. The number of rotatable bonds is 0. The molecule has 0 saturated heterocycles. The van der Waals surface area contributed by atoms with E-state index < -0.39 is 0 Å². The third-order valence-corrected chi connectivity index (χ3v) is 2.66. The molecule has 2 heterocycles. The van der Waals surface area contributed by atoms with E-state index in [9.17, 15) is 4.79 Å². The van der Waals surface area contributed by atoms with Gasteiger partial charge in [0.05, 0.1) is 5.56 Å². The Labute approximate surface area is 78.5 Å². The molecule has 0 N–H and O–H groups in total. The minimum atomic E-state index is 0.0544. The number of hydrogen-bond acceptors (Lipinski definition) is 2. The zero-order chi connectivity index (χ0) is 8.72. The van der Waals surface area contributed by atoms with Gasteiger partial charge in [0.1, 0.15) is 0 Å². The normalized spacial score (nSPS) is 15.2. The molecular formula is C8H7BrN2O. The summed E-state index contributed by atoms with van der Waals surface area (Å²) < 4.78 is 0.915. The molecule has 1 aliphatic heterocycles. The summed E-state index contributed by atoms with van der Waals surface area (Å²) in [6.45, 7) is 0.678. The van der Waals surface area contributed by atoms with Gasteiger partial charge < -0.3 is 4.90 Å². The smallest absolute Gasteiger partial charge is 0.255 e. The molecule has 2 rings (SSSR count). The van der Waals surface area contributed by atoms with E-state index in [2.05, 4.69) is 20.9 Å². The number of fused-ring (bicyclic) bond motifs is 1. The number of carbonyl (C=O) groups is 1. The van der Waals surface area contributed by atoms with E-state index in [1.165, 1.54) is 0 Å². The Kier molecular flexibility index (Phi) is 1.65. The van der Waals surface area contributed by atoms with Crippen molar-refractivity contribution < 1.29 is 4.79 Å². The van der Waals surface area contributed by atoms with Crippen LogP contribution in [0.1, 0.15) is 15.9 Å². The maximum atomic E-state index is 11.4. The van der Waals surface area contributed by atoms with Gasteiger partial charge in [0.2, 0.25) is 0 Å². The van der Waals surface area contributed by atoms with Crippen LogP contribution < -0.4 is 0 Å². The molecule has 0 aliphatic carbocycles. The van der Waals surface area contributed by atoms with Gasteiger partial charge in [0.25, 0.3) is 5.91 Å². The fraction of sp³-hybridized carbons (Fsp3) is 0.250. The van der Waals surface area contributed by atoms with Crippen molar-refractivity contribution in [3.8, 4) is 0 Å². The van der Waals surface area contributed by atoms with Gasteiger partial charge in [0, 0.05) is 36.0 Å². The second-order valence-electron chi connectivity index (χ2n) is 2.81. The molecule has 0 saturated carbocycles. The van der Waals surface area contributed by atoms with E-state index in [0.717, 1.165) is 10.0 Å². The predicted octanol–water partition coefficient (Wildman–Crippen LogP) is 1.43. The van der Waals surface area contributed by atoms with Crippen LogP contribution in [0.2, 0.25) is 0 Å². The fourth-order valence-corrected chi connectivity index (χ4v) is 1.78. The summed E-state index contributed by atoms with van der Waals surface area (Å²) in [5, 5.41) is 0. The number of halogens is 1.